The van der Waals surface area contributed by atoms with Crippen molar-refractivity contribution >= 4 is 16.8 Å². The monoisotopic (exact) mass is 300 g/mol. The summed E-state index contributed by atoms with van der Waals surface area (Å²) in [5.41, 5.74) is 6.10. The Morgan fingerprint density at radius 2 is 1.85 bits per heavy atom. The average molecular weight is 300 g/mol. The van der Waals surface area contributed by atoms with Crippen LogP contribution in [0, 0.1) is 0 Å². The van der Waals surface area contributed by atoms with Crippen molar-refractivity contribution in [1.29, 1.82) is 0 Å². The highest BCUT2D eigenvalue weighted by Crippen LogP contribution is 2.39. The van der Waals surface area contributed by atoms with Gasteiger partial charge in [0.15, 0.2) is 0 Å². The number of rotatable bonds is 1. The Labute approximate surface area is 119 Å². The molecule has 2 nitrogen and oxygen atoms in total. The number of halogens is 3. The largest absolute Gasteiger partial charge is 0.416 e. The van der Waals surface area contributed by atoms with E-state index < -0.39 is 11.7 Å². The molecule has 0 amide bonds. The molecule has 2 N–H and O–H groups in total. The smallest absolute Gasteiger partial charge is 0.328 e. The molecule has 1 aromatic rings. The summed E-state index contributed by atoms with van der Waals surface area (Å²) in [6.45, 7) is 0. The predicted octanol–water partition coefficient (Wildman–Crippen LogP) is 3.45. The average Bonchev–Trinajstić information content (AvgIpc) is 2.80. The lowest BCUT2D eigenvalue weighted by atomic mass is 9.92. The van der Waals surface area contributed by atoms with E-state index in [-0.39, 0.29) is 12.1 Å². The van der Waals surface area contributed by atoms with Gasteiger partial charge >= 0.3 is 6.18 Å². The predicted molar refractivity (Wildman–Crippen MR) is 75.0 cm³/mol. The molecule has 1 aromatic carbocycles. The summed E-state index contributed by atoms with van der Waals surface area (Å²) in [6.07, 6.45) is -1.40. The topological polar surface area (TPSA) is 38.4 Å². The van der Waals surface area contributed by atoms with Crippen LogP contribution in [0.15, 0.2) is 29.3 Å². The van der Waals surface area contributed by atoms with E-state index in [1.54, 1.807) is 11.8 Å². The molecule has 0 saturated heterocycles. The number of hydrogen-bond acceptors (Lipinski definition) is 3. The summed E-state index contributed by atoms with van der Waals surface area (Å²) in [6, 6.07) is 5.75. The third-order valence-electron chi connectivity index (χ3n) is 3.80. The van der Waals surface area contributed by atoms with Gasteiger partial charge in [-0.3, -0.25) is 4.99 Å². The Morgan fingerprint density at radius 1 is 1.15 bits per heavy atom. The number of benzene rings is 1. The highest BCUT2D eigenvalue weighted by molar-refractivity contribution is 8.15. The van der Waals surface area contributed by atoms with Crippen LogP contribution in [0.4, 0.5) is 13.2 Å². The molecule has 0 bridgehead atoms. The number of alkyl halides is 3. The summed E-state index contributed by atoms with van der Waals surface area (Å²) in [5, 5.41) is 1.24. The first-order valence-electron chi connectivity index (χ1n) is 6.61. The zero-order valence-corrected chi connectivity index (χ0v) is 11.5. The van der Waals surface area contributed by atoms with Gasteiger partial charge < -0.3 is 5.73 Å². The minimum Gasteiger partial charge on any atom is -0.328 e. The lowest BCUT2D eigenvalue weighted by Crippen LogP contribution is -2.35. The summed E-state index contributed by atoms with van der Waals surface area (Å²) in [4.78, 5) is 4.65. The molecule has 3 rings (SSSR count). The highest BCUT2D eigenvalue weighted by Gasteiger charge is 2.36. The minimum absolute atomic E-state index is 0.228. The maximum atomic E-state index is 12.5. The lowest BCUT2D eigenvalue weighted by Gasteiger charge is -2.27. The Balaban J connectivity index is 1.77. The molecule has 1 heterocycles. The zero-order chi connectivity index (χ0) is 14.3. The van der Waals surface area contributed by atoms with Gasteiger partial charge in [-0.25, -0.2) is 0 Å². The molecule has 0 aromatic heterocycles. The second-order valence-corrected chi connectivity index (χ2v) is 6.53. The number of nitrogens with zero attached hydrogens (tertiary/aromatic N) is 1. The number of thioether (sulfide) groups is 1. The first-order valence-corrected chi connectivity index (χ1v) is 7.49. The Bertz CT molecular complexity index is 524. The van der Waals surface area contributed by atoms with E-state index >= 15 is 0 Å². The molecule has 2 aliphatic rings. The second-order valence-electron chi connectivity index (χ2n) is 5.31. The van der Waals surface area contributed by atoms with Crippen LogP contribution in [0.2, 0.25) is 0 Å². The fourth-order valence-electron chi connectivity index (χ4n) is 2.69. The van der Waals surface area contributed by atoms with Gasteiger partial charge in [-0.15, -0.1) is 11.8 Å². The van der Waals surface area contributed by atoms with Crippen molar-refractivity contribution < 1.29 is 13.2 Å². The van der Waals surface area contributed by atoms with E-state index in [0.29, 0.717) is 5.25 Å². The first-order chi connectivity index (χ1) is 9.43. The van der Waals surface area contributed by atoms with Crippen molar-refractivity contribution in [2.45, 2.75) is 42.8 Å². The highest BCUT2D eigenvalue weighted by atomic mass is 32.2. The second kappa shape index (κ2) is 5.07. The van der Waals surface area contributed by atoms with E-state index in [0.717, 1.165) is 42.0 Å². The number of fused-ring (bicyclic) bond motifs is 1. The van der Waals surface area contributed by atoms with Crippen LogP contribution in [0.5, 0.6) is 0 Å². The molecule has 1 aliphatic heterocycles. The van der Waals surface area contributed by atoms with Crippen LogP contribution < -0.4 is 5.73 Å². The van der Waals surface area contributed by atoms with Gasteiger partial charge in [0, 0.05) is 16.9 Å². The molecular formula is C14H15F3N2S. The number of nitrogens with two attached hydrogens (primary N) is 1. The van der Waals surface area contributed by atoms with Gasteiger partial charge in [0.25, 0.3) is 0 Å². The normalized spacial score (nSPS) is 30.0. The molecule has 6 heteroatoms. The van der Waals surface area contributed by atoms with Crippen LogP contribution in [0.1, 0.15) is 30.4 Å². The molecule has 0 radical (unpaired) electrons. The van der Waals surface area contributed by atoms with Gasteiger partial charge in [-0.2, -0.15) is 13.2 Å². The Morgan fingerprint density at radius 3 is 2.50 bits per heavy atom. The van der Waals surface area contributed by atoms with Gasteiger partial charge in [-0.05, 0) is 31.4 Å². The summed E-state index contributed by atoms with van der Waals surface area (Å²) in [5.74, 6) is 0. The van der Waals surface area contributed by atoms with Gasteiger partial charge in [0.2, 0.25) is 0 Å². The maximum Gasteiger partial charge on any atom is 0.416 e. The molecule has 3 atom stereocenters. The quantitative estimate of drug-likeness (QED) is 0.862. The fourth-order valence-corrected chi connectivity index (χ4v) is 4.14. The van der Waals surface area contributed by atoms with Crippen LogP contribution in [-0.2, 0) is 6.18 Å². The van der Waals surface area contributed by atoms with Crippen LogP contribution in [0.3, 0.4) is 0 Å². The van der Waals surface area contributed by atoms with E-state index in [9.17, 15) is 13.2 Å². The molecule has 1 fully saturated rings. The number of aliphatic imine (C=N–C) groups is 1. The van der Waals surface area contributed by atoms with E-state index in [1.807, 2.05) is 0 Å². The lowest BCUT2D eigenvalue weighted by molar-refractivity contribution is -0.137. The van der Waals surface area contributed by atoms with Crippen molar-refractivity contribution in [2.75, 3.05) is 0 Å². The fraction of sp³-hybridized carbons (Fsp3) is 0.500. The van der Waals surface area contributed by atoms with Crippen LogP contribution in [0.25, 0.3) is 0 Å². The zero-order valence-electron chi connectivity index (χ0n) is 10.7. The van der Waals surface area contributed by atoms with Crippen LogP contribution in [-0.4, -0.2) is 22.4 Å². The molecule has 1 saturated carbocycles. The van der Waals surface area contributed by atoms with Crippen molar-refractivity contribution in [2.24, 2.45) is 10.7 Å². The Kier molecular flexibility index (Phi) is 3.54. The molecule has 108 valence electrons. The first kappa shape index (κ1) is 13.9. The minimum atomic E-state index is -4.29. The summed E-state index contributed by atoms with van der Waals surface area (Å²) in [7, 11) is 0. The summed E-state index contributed by atoms with van der Waals surface area (Å²) >= 11 is 1.65. The maximum absolute atomic E-state index is 12.5. The molecule has 20 heavy (non-hydrogen) atoms. The molecule has 0 spiro atoms. The van der Waals surface area contributed by atoms with E-state index in [1.165, 1.54) is 12.1 Å². The third-order valence-corrected chi connectivity index (χ3v) is 5.18. The standard InChI is InChI=1S/C14H15F3N2S/c15-14(16,17)9-3-1-8(2-4-9)13-19-11-6-5-10(18)7-12(11)20-13/h1-4,10-12H,5-7,18H2. The van der Waals surface area contributed by atoms with E-state index in [4.69, 9.17) is 5.73 Å². The Hall–Kier alpha value is -1.01. The van der Waals surface area contributed by atoms with Crippen molar-refractivity contribution in [3.63, 3.8) is 0 Å². The summed E-state index contributed by atoms with van der Waals surface area (Å²) < 4.78 is 37.6. The van der Waals surface area contributed by atoms with E-state index in [2.05, 4.69) is 4.99 Å². The number of hydrogen-bond donors (Lipinski definition) is 1. The van der Waals surface area contributed by atoms with Gasteiger partial charge in [-0.1, -0.05) is 12.1 Å². The van der Waals surface area contributed by atoms with Crippen molar-refractivity contribution in [3.8, 4) is 0 Å². The molecular weight excluding hydrogens is 285 g/mol. The SMILES string of the molecule is NC1CCC2N=C(c3ccc(C(F)(F)F)cc3)SC2C1. The van der Waals surface area contributed by atoms with Crippen molar-refractivity contribution in [3.05, 3.63) is 35.4 Å². The van der Waals surface area contributed by atoms with Gasteiger partial charge in [0.1, 0.15) is 0 Å². The van der Waals surface area contributed by atoms with Crippen molar-refractivity contribution in [1.82, 2.24) is 0 Å². The molecule has 1 aliphatic carbocycles. The van der Waals surface area contributed by atoms with Crippen LogP contribution >= 0.6 is 11.8 Å². The van der Waals surface area contributed by atoms with Gasteiger partial charge in [0.05, 0.1) is 16.6 Å². The third kappa shape index (κ3) is 2.72. The molecule has 3 unspecified atom stereocenters.